The van der Waals surface area contributed by atoms with Gasteiger partial charge in [0.25, 0.3) is 0 Å². The summed E-state index contributed by atoms with van der Waals surface area (Å²) in [6.07, 6.45) is 3.55. The number of likely N-dealkylation sites (N-methyl/N-ethyl adjacent to an activating group) is 1. The van der Waals surface area contributed by atoms with Crippen molar-refractivity contribution in [1.82, 2.24) is 19.1 Å². The molecule has 1 aromatic rings. The van der Waals surface area contributed by atoms with E-state index in [1.54, 1.807) is 12.1 Å². The van der Waals surface area contributed by atoms with Gasteiger partial charge in [0.1, 0.15) is 4.90 Å². The summed E-state index contributed by atoms with van der Waals surface area (Å²) < 4.78 is 26.9. The number of thioether (sulfide) groups is 1. The van der Waals surface area contributed by atoms with E-state index in [9.17, 15) is 13.2 Å². The normalized spacial score (nSPS) is 21.1. The summed E-state index contributed by atoms with van der Waals surface area (Å²) in [5, 5.41) is 0.447. The van der Waals surface area contributed by atoms with Gasteiger partial charge in [-0.1, -0.05) is 11.8 Å². The lowest BCUT2D eigenvalue weighted by Crippen LogP contribution is -2.47. The topological polar surface area (TPSA) is 73.8 Å². The molecule has 7 nitrogen and oxygen atoms in total. The maximum Gasteiger partial charge on any atom is 0.244 e. The van der Waals surface area contributed by atoms with E-state index >= 15 is 0 Å². The van der Waals surface area contributed by atoms with Crippen molar-refractivity contribution in [3.63, 3.8) is 0 Å². The van der Waals surface area contributed by atoms with Gasteiger partial charge in [-0.25, -0.2) is 13.4 Å². The number of sulfonamides is 1. The van der Waals surface area contributed by atoms with Crippen LogP contribution in [0.2, 0.25) is 0 Å². The van der Waals surface area contributed by atoms with Crippen molar-refractivity contribution in [2.24, 2.45) is 0 Å². The molecule has 0 saturated carbocycles. The van der Waals surface area contributed by atoms with Crippen molar-refractivity contribution in [3.8, 4) is 0 Å². The van der Waals surface area contributed by atoms with Crippen LogP contribution in [0.5, 0.6) is 0 Å². The molecule has 2 fully saturated rings. The monoisotopic (exact) mass is 398 g/mol. The van der Waals surface area contributed by atoms with E-state index in [2.05, 4.69) is 9.88 Å². The highest BCUT2D eigenvalue weighted by atomic mass is 32.2. The quantitative estimate of drug-likeness (QED) is 0.692. The molecule has 2 aliphatic rings. The Hall–Kier alpha value is -1.16. The largest absolute Gasteiger partial charge is 0.342 e. The molecule has 0 spiro atoms. The summed E-state index contributed by atoms with van der Waals surface area (Å²) in [4.78, 5) is 20.9. The molecule has 3 rings (SSSR count). The fourth-order valence-electron chi connectivity index (χ4n) is 3.19. The van der Waals surface area contributed by atoms with Crippen molar-refractivity contribution in [2.75, 3.05) is 46.3 Å². The smallest absolute Gasteiger partial charge is 0.244 e. The molecule has 0 radical (unpaired) electrons. The lowest BCUT2D eigenvalue weighted by atomic mass is 10.4. The van der Waals surface area contributed by atoms with Gasteiger partial charge in [0.2, 0.25) is 15.9 Å². The first-order valence-electron chi connectivity index (χ1n) is 8.98. The van der Waals surface area contributed by atoms with Gasteiger partial charge < -0.3 is 9.80 Å². The Morgan fingerprint density at radius 1 is 1.12 bits per heavy atom. The SMILES string of the molecule is C[C@@H](Sc1ccc(S(=O)(=O)N2CCN(C)CC2)cn1)C(=O)N1CCCC1. The first kappa shape index (κ1) is 19.6. The molecule has 0 aromatic carbocycles. The van der Waals surface area contributed by atoms with Crippen LogP contribution in [0, 0.1) is 0 Å². The summed E-state index contributed by atoms with van der Waals surface area (Å²) in [5.74, 6) is 0.128. The Kier molecular flexibility index (Phi) is 6.21. The summed E-state index contributed by atoms with van der Waals surface area (Å²) >= 11 is 1.38. The number of rotatable bonds is 5. The first-order valence-corrected chi connectivity index (χ1v) is 11.3. The van der Waals surface area contributed by atoms with Crippen LogP contribution in [0.4, 0.5) is 0 Å². The highest BCUT2D eigenvalue weighted by molar-refractivity contribution is 8.00. The van der Waals surface area contributed by atoms with Crippen LogP contribution < -0.4 is 0 Å². The molecular weight excluding hydrogens is 372 g/mol. The van der Waals surface area contributed by atoms with Crippen LogP contribution >= 0.6 is 11.8 Å². The number of pyridine rings is 1. The Bertz CT molecular complexity index is 725. The van der Waals surface area contributed by atoms with Crippen LogP contribution in [0.15, 0.2) is 28.3 Å². The number of hydrogen-bond acceptors (Lipinski definition) is 6. The number of aromatic nitrogens is 1. The average Bonchev–Trinajstić information content (AvgIpc) is 3.16. The number of amides is 1. The van der Waals surface area contributed by atoms with Gasteiger partial charge in [-0.2, -0.15) is 4.31 Å². The van der Waals surface area contributed by atoms with Gasteiger partial charge in [-0.05, 0) is 38.9 Å². The minimum atomic E-state index is -3.50. The van der Waals surface area contributed by atoms with E-state index in [-0.39, 0.29) is 16.1 Å². The lowest BCUT2D eigenvalue weighted by molar-refractivity contribution is -0.129. The molecule has 0 aliphatic carbocycles. The van der Waals surface area contributed by atoms with Crippen molar-refractivity contribution in [3.05, 3.63) is 18.3 Å². The third kappa shape index (κ3) is 4.39. The second kappa shape index (κ2) is 8.24. The molecular formula is C17H26N4O3S2. The zero-order chi connectivity index (χ0) is 18.7. The zero-order valence-corrected chi connectivity index (χ0v) is 16.9. The highest BCUT2D eigenvalue weighted by Crippen LogP contribution is 2.25. The molecule has 26 heavy (non-hydrogen) atoms. The van der Waals surface area contributed by atoms with Gasteiger partial charge in [0.15, 0.2) is 0 Å². The van der Waals surface area contributed by atoms with E-state index < -0.39 is 10.0 Å². The van der Waals surface area contributed by atoms with Gasteiger partial charge in [-0.15, -0.1) is 0 Å². The van der Waals surface area contributed by atoms with E-state index in [0.717, 1.165) is 39.0 Å². The van der Waals surface area contributed by atoms with Crippen LogP contribution in [-0.2, 0) is 14.8 Å². The second-order valence-electron chi connectivity index (χ2n) is 6.83. The lowest BCUT2D eigenvalue weighted by Gasteiger charge is -2.31. The molecule has 9 heteroatoms. The Labute approximate surface area is 159 Å². The average molecular weight is 399 g/mol. The molecule has 2 aliphatic heterocycles. The number of carbonyl (C=O) groups is 1. The zero-order valence-electron chi connectivity index (χ0n) is 15.3. The molecule has 2 saturated heterocycles. The second-order valence-corrected chi connectivity index (χ2v) is 10.1. The van der Waals surface area contributed by atoms with E-state index in [1.807, 2.05) is 18.9 Å². The van der Waals surface area contributed by atoms with Crippen LogP contribution in [0.25, 0.3) is 0 Å². The van der Waals surface area contributed by atoms with Crippen molar-refractivity contribution >= 4 is 27.7 Å². The summed E-state index contributed by atoms with van der Waals surface area (Å²) in [6, 6.07) is 3.29. The van der Waals surface area contributed by atoms with E-state index in [0.29, 0.717) is 18.1 Å². The van der Waals surface area contributed by atoms with Gasteiger partial charge in [0.05, 0.1) is 10.3 Å². The Morgan fingerprint density at radius 2 is 1.77 bits per heavy atom. The maximum atomic E-state index is 12.7. The first-order chi connectivity index (χ1) is 12.4. The van der Waals surface area contributed by atoms with Gasteiger partial charge in [0, 0.05) is 45.5 Å². The fourth-order valence-corrected chi connectivity index (χ4v) is 5.43. The number of hydrogen-bond donors (Lipinski definition) is 0. The number of likely N-dealkylation sites (tertiary alicyclic amines) is 1. The standard InChI is InChI=1S/C17H26N4O3S2/c1-14(17(22)20-7-3-4-8-20)25-16-6-5-15(13-18-16)26(23,24)21-11-9-19(2)10-12-21/h5-6,13-14H,3-4,7-12H2,1-2H3/t14-/m1/s1. The summed E-state index contributed by atoms with van der Waals surface area (Å²) in [7, 11) is -1.51. The van der Waals surface area contributed by atoms with Crippen LogP contribution in [0.3, 0.4) is 0 Å². The number of piperazine rings is 1. The predicted molar refractivity (Wildman–Crippen MR) is 102 cm³/mol. The van der Waals surface area contributed by atoms with Crippen LogP contribution in [0.1, 0.15) is 19.8 Å². The summed E-state index contributed by atoms with van der Waals surface area (Å²) in [5.41, 5.74) is 0. The molecule has 0 N–H and O–H groups in total. The number of carbonyl (C=O) groups excluding carboxylic acids is 1. The molecule has 1 atom stereocenters. The predicted octanol–water partition coefficient (Wildman–Crippen LogP) is 1.12. The van der Waals surface area contributed by atoms with Crippen LogP contribution in [-0.4, -0.2) is 85.0 Å². The molecule has 144 valence electrons. The molecule has 0 bridgehead atoms. The fraction of sp³-hybridized carbons (Fsp3) is 0.647. The highest BCUT2D eigenvalue weighted by Gasteiger charge is 2.28. The summed E-state index contributed by atoms with van der Waals surface area (Å²) in [6.45, 7) is 6.00. The maximum absolute atomic E-state index is 12.7. The molecule has 1 aromatic heterocycles. The molecule has 3 heterocycles. The van der Waals surface area contributed by atoms with Gasteiger partial charge >= 0.3 is 0 Å². The van der Waals surface area contributed by atoms with Crippen molar-refractivity contribution in [2.45, 2.75) is 34.9 Å². The third-order valence-corrected chi connectivity index (χ3v) is 7.79. The minimum absolute atomic E-state index is 0.128. The Morgan fingerprint density at radius 3 is 2.35 bits per heavy atom. The number of nitrogens with zero attached hydrogens (tertiary/aromatic N) is 4. The third-order valence-electron chi connectivity index (χ3n) is 4.87. The van der Waals surface area contributed by atoms with Crippen molar-refractivity contribution < 1.29 is 13.2 Å². The molecule has 0 unspecified atom stereocenters. The van der Waals surface area contributed by atoms with E-state index in [4.69, 9.17) is 0 Å². The van der Waals surface area contributed by atoms with Gasteiger partial charge in [-0.3, -0.25) is 4.79 Å². The minimum Gasteiger partial charge on any atom is -0.342 e. The Balaban J connectivity index is 1.63. The van der Waals surface area contributed by atoms with Crippen molar-refractivity contribution in [1.29, 1.82) is 0 Å². The molecule has 1 amide bonds. The van der Waals surface area contributed by atoms with E-state index in [1.165, 1.54) is 22.3 Å².